The quantitative estimate of drug-likeness (QED) is 0.540. The SMILES string of the molecule is CC(=O)CC(C)S. The van der Waals surface area contributed by atoms with Crippen LogP contribution in [0, 0.1) is 0 Å². The van der Waals surface area contributed by atoms with E-state index in [1.54, 1.807) is 6.92 Å². The smallest absolute Gasteiger partial charge is 0.130 e. The standard InChI is InChI=1S/C5H10OS/c1-4(6)3-5(2)7/h5,7H,3H2,1-2H3. The minimum absolute atomic E-state index is 0.211. The largest absolute Gasteiger partial charge is 0.300 e. The van der Waals surface area contributed by atoms with Crippen LogP contribution in [0.1, 0.15) is 20.3 Å². The van der Waals surface area contributed by atoms with Crippen molar-refractivity contribution in [3.05, 3.63) is 0 Å². The van der Waals surface area contributed by atoms with Crippen LogP contribution in [0.5, 0.6) is 0 Å². The average Bonchev–Trinajstić information content (AvgIpc) is 1.27. The molecule has 0 bridgehead atoms. The molecule has 1 atom stereocenters. The molecule has 1 nitrogen and oxygen atoms in total. The van der Waals surface area contributed by atoms with Crippen LogP contribution < -0.4 is 0 Å². The van der Waals surface area contributed by atoms with E-state index in [4.69, 9.17) is 0 Å². The summed E-state index contributed by atoms with van der Waals surface area (Å²) < 4.78 is 0. The van der Waals surface area contributed by atoms with Crippen LogP contribution in [0.3, 0.4) is 0 Å². The van der Waals surface area contributed by atoms with Gasteiger partial charge in [-0.15, -0.1) is 0 Å². The van der Waals surface area contributed by atoms with E-state index in [1.807, 2.05) is 6.92 Å². The first-order valence-corrected chi connectivity index (χ1v) is 2.82. The monoisotopic (exact) mass is 118 g/mol. The van der Waals surface area contributed by atoms with Crippen molar-refractivity contribution in [2.45, 2.75) is 25.5 Å². The van der Waals surface area contributed by atoms with Crippen LogP contribution in [0.25, 0.3) is 0 Å². The zero-order chi connectivity index (χ0) is 5.86. The van der Waals surface area contributed by atoms with Gasteiger partial charge in [-0.05, 0) is 6.92 Å². The van der Waals surface area contributed by atoms with Crippen molar-refractivity contribution < 1.29 is 4.79 Å². The van der Waals surface area contributed by atoms with Gasteiger partial charge in [0.15, 0.2) is 0 Å². The molecule has 0 fully saturated rings. The van der Waals surface area contributed by atoms with E-state index >= 15 is 0 Å². The van der Waals surface area contributed by atoms with Crippen LogP contribution in [0.2, 0.25) is 0 Å². The molecule has 0 aromatic heterocycles. The topological polar surface area (TPSA) is 17.1 Å². The third kappa shape index (κ3) is 6.02. The Hall–Kier alpha value is 0.0200. The number of thiol groups is 1. The zero-order valence-electron chi connectivity index (χ0n) is 4.64. The molecule has 0 aliphatic carbocycles. The maximum absolute atomic E-state index is 10.2. The summed E-state index contributed by atoms with van der Waals surface area (Å²) in [6.07, 6.45) is 0.586. The number of hydrogen-bond donors (Lipinski definition) is 1. The minimum atomic E-state index is 0.211. The average molecular weight is 118 g/mol. The Morgan fingerprint density at radius 2 is 2.29 bits per heavy atom. The minimum Gasteiger partial charge on any atom is -0.300 e. The molecule has 0 amide bonds. The zero-order valence-corrected chi connectivity index (χ0v) is 5.53. The van der Waals surface area contributed by atoms with Gasteiger partial charge in [-0.25, -0.2) is 0 Å². The lowest BCUT2D eigenvalue weighted by Crippen LogP contribution is -1.98. The van der Waals surface area contributed by atoms with E-state index in [0.29, 0.717) is 6.42 Å². The van der Waals surface area contributed by atoms with E-state index in [1.165, 1.54) is 0 Å². The van der Waals surface area contributed by atoms with Gasteiger partial charge in [0.1, 0.15) is 5.78 Å². The fourth-order valence-corrected chi connectivity index (χ4v) is 0.673. The number of carbonyl (C=O) groups is 1. The summed E-state index contributed by atoms with van der Waals surface area (Å²) in [6, 6.07) is 0. The molecule has 0 aliphatic rings. The van der Waals surface area contributed by atoms with Crippen LogP contribution in [-0.4, -0.2) is 11.0 Å². The Morgan fingerprint density at radius 3 is 2.29 bits per heavy atom. The molecular weight excluding hydrogens is 108 g/mol. The molecule has 42 valence electrons. The van der Waals surface area contributed by atoms with Crippen molar-refractivity contribution in [2.24, 2.45) is 0 Å². The lowest BCUT2D eigenvalue weighted by Gasteiger charge is -1.94. The van der Waals surface area contributed by atoms with Gasteiger partial charge in [-0.1, -0.05) is 6.92 Å². The summed E-state index contributed by atoms with van der Waals surface area (Å²) in [4.78, 5) is 10.2. The second-order valence-corrected chi connectivity index (χ2v) is 2.64. The highest BCUT2D eigenvalue weighted by Crippen LogP contribution is 1.97. The van der Waals surface area contributed by atoms with E-state index in [0.717, 1.165) is 0 Å². The molecule has 7 heavy (non-hydrogen) atoms. The maximum Gasteiger partial charge on any atom is 0.130 e. The number of rotatable bonds is 2. The summed E-state index contributed by atoms with van der Waals surface area (Å²) in [5.41, 5.74) is 0. The third-order valence-electron chi connectivity index (χ3n) is 0.583. The molecule has 0 saturated carbocycles. The molecule has 0 N–H and O–H groups in total. The Bertz CT molecular complexity index is 68.5. The van der Waals surface area contributed by atoms with Crippen LogP contribution >= 0.6 is 12.6 Å². The highest BCUT2D eigenvalue weighted by molar-refractivity contribution is 7.80. The van der Waals surface area contributed by atoms with Crippen molar-refractivity contribution in [3.8, 4) is 0 Å². The molecule has 0 radical (unpaired) electrons. The lowest BCUT2D eigenvalue weighted by molar-refractivity contribution is -0.116. The summed E-state index contributed by atoms with van der Waals surface area (Å²) in [5, 5.41) is 0.220. The van der Waals surface area contributed by atoms with Crippen molar-refractivity contribution >= 4 is 18.4 Å². The van der Waals surface area contributed by atoms with Gasteiger partial charge in [0.25, 0.3) is 0 Å². The maximum atomic E-state index is 10.2. The second kappa shape index (κ2) is 3.08. The Morgan fingerprint density at radius 1 is 1.86 bits per heavy atom. The van der Waals surface area contributed by atoms with Crippen molar-refractivity contribution in [1.82, 2.24) is 0 Å². The molecule has 1 unspecified atom stereocenters. The molecule has 0 saturated heterocycles. The Labute approximate surface area is 49.5 Å². The van der Waals surface area contributed by atoms with Crippen molar-refractivity contribution in [2.75, 3.05) is 0 Å². The molecular formula is C5H10OS. The number of carbonyl (C=O) groups excluding carboxylic acids is 1. The number of hydrogen-bond acceptors (Lipinski definition) is 2. The van der Waals surface area contributed by atoms with Gasteiger partial charge in [0.2, 0.25) is 0 Å². The van der Waals surface area contributed by atoms with Crippen LogP contribution in [-0.2, 0) is 4.79 Å². The summed E-state index contributed by atoms with van der Waals surface area (Å²) >= 11 is 4.02. The molecule has 0 aromatic rings. The molecule has 2 heteroatoms. The normalized spacial score (nSPS) is 13.6. The first-order chi connectivity index (χ1) is 3.13. The fraction of sp³-hybridized carbons (Fsp3) is 0.800. The van der Waals surface area contributed by atoms with E-state index in [9.17, 15) is 4.79 Å². The van der Waals surface area contributed by atoms with Crippen molar-refractivity contribution in [1.29, 1.82) is 0 Å². The van der Waals surface area contributed by atoms with Crippen molar-refractivity contribution in [3.63, 3.8) is 0 Å². The molecule has 0 aromatic carbocycles. The van der Waals surface area contributed by atoms with Crippen LogP contribution in [0.4, 0.5) is 0 Å². The van der Waals surface area contributed by atoms with Crippen LogP contribution in [0.15, 0.2) is 0 Å². The van der Waals surface area contributed by atoms with E-state index in [2.05, 4.69) is 12.6 Å². The summed E-state index contributed by atoms with van der Waals surface area (Å²) in [6.45, 7) is 3.48. The molecule has 0 rings (SSSR count). The highest BCUT2D eigenvalue weighted by Gasteiger charge is 1.96. The van der Waals surface area contributed by atoms with Gasteiger partial charge in [0.05, 0.1) is 0 Å². The van der Waals surface area contributed by atoms with Gasteiger partial charge >= 0.3 is 0 Å². The van der Waals surface area contributed by atoms with E-state index in [-0.39, 0.29) is 11.0 Å². The van der Waals surface area contributed by atoms with Gasteiger partial charge in [-0.2, -0.15) is 12.6 Å². The summed E-state index contributed by atoms with van der Waals surface area (Å²) in [5.74, 6) is 0.211. The highest BCUT2D eigenvalue weighted by atomic mass is 32.1. The molecule has 0 heterocycles. The molecule has 0 aliphatic heterocycles. The number of Topliss-reactive ketones (excluding diaryl/α,β-unsaturated/α-hetero) is 1. The predicted octanol–water partition coefficient (Wildman–Crippen LogP) is 1.28. The van der Waals surface area contributed by atoms with Gasteiger partial charge < -0.3 is 0 Å². The van der Waals surface area contributed by atoms with E-state index < -0.39 is 0 Å². The number of ketones is 1. The fourth-order valence-electron chi connectivity index (χ4n) is 0.416. The molecule has 0 spiro atoms. The Balaban J connectivity index is 3.13. The predicted molar refractivity (Wildman–Crippen MR) is 33.7 cm³/mol. The van der Waals surface area contributed by atoms with Gasteiger partial charge in [0, 0.05) is 11.7 Å². The second-order valence-electron chi connectivity index (χ2n) is 1.76. The summed E-state index contributed by atoms with van der Waals surface area (Å²) in [7, 11) is 0. The Kier molecular flexibility index (Phi) is 3.09. The first kappa shape index (κ1) is 7.02. The van der Waals surface area contributed by atoms with Gasteiger partial charge in [-0.3, -0.25) is 4.79 Å². The third-order valence-corrected chi connectivity index (χ3v) is 0.765. The first-order valence-electron chi connectivity index (χ1n) is 2.30. The lowest BCUT2D eigenvalue weighted by atomic mass is 10.2.